The molecule has 2 aromatic rings. The lowest BCUT2D eigenvalue weighted by Gasteiger charge is -2.21. The zero-order valence-electron chi connectivity index (χ0n) is 11.1. The summed E-state index contributed by atoms with van der Waals surface area (Å²) in [4.78, 5) is 15.5. The highest BCUT2D eigenvalue weighted by atomic mass is 19.4. The molecule has 1 N–H and O–H groups in total. The molecule has 112 valence electrons. The number of aryl methyl sites for hydroxylation is 1. The Balaban J connectivity index is 2.21. The molecule has 0 aliphatic carbocycles. The maximum atomic E-state index is 13.1. The molecule has 0 spiro atoms. The number of nitrogens with one attached hydrogen (secondary N) is 1. The van der Waals surface area contributed by atoms with Crippen molar-refractivity contribution in [3.05, 3.63) is 48.0 Å². The first-order chi connectivity index (χ1) is 9.91. The standard InChI is InChI=1S/C13H13F3N4O/c1-2-20-7-5-10(19-20)12(21)18-11(13(14,15)16)9-4-3-6-17-8-9/h3-8,11H,2H2,1H3,(H,18,21)/t11-/m1/s1. The zero-order valence-corrected chi connectivity index (χ0v) is 11.1. The second kappa shape index (κ2) is 5.94. The summed E-state index contributed by atoms with van der Waals surface area (Å²) in [7, 11) is 0. The quantitative estimate of drug-likeness (QED) is 0.942. The Morgan fingerprint density at radius 1 is 1.43 bits per heavy atom. The number of hydrogen-bond acceptors (Lipinski definition) is 3. The number of carbonyl (C=O) groups is 1. The first-order valence-corrected chi connectivity index (χ1v) is 6.22. The van der Waals surface area contributed by atoms with E-state index in [0.29, 0.717) is 6.54 Å². The van der Waals surface area contributed by atoms with Crippen LogP contribution >= 0.6 is 0 Å². The van der Waals surface area contributed by atoms with Gasteiger partial charge in [0.25, 0.3) is 5.91 Å². The lowest BCUT2D eigenvalue weighted by atomic mass is 10.1. The van der Waals surface area contributed by atoms with Crippen molar-refractivity contribution in [2.75, 3.05) is 0 Å². The molecule has 1 amide bonds. The normalized spacial score (nSPS) is 13.0. The van der Waals surface area contributed by atoms with Crippen LogP contribution in [0.4, 0.5) is 13.2 Å². The van der Waals surface area contributed by atoms with E-state index in [0.717, 1.165) is 6.20 Å². The van der Waals surface area contributed by atoms with Crippen molar-refractivity contribution in [1.29, 1.82) is 0 Å². The van der Waals surface area contributed by atoms with Crippen molar-refractivity contribution >= 4 is 5.91 Å². The van der Waals surface area contributed by atoms with Gasteiger partial charge < -0.3 is 5.32 Å². The summed E-state index contributed by atoms with van der Waals surface area (Å²) in [5.41, 5.74) is -0.191. The number of halogens is 3. The predicted molar refractivity (Wildman–Crippen MR) is 68.4 cm³/mol. The Bertz CT molecular complexity index is 609. The average molecular weight is 298 g/mol. The van der Waals surface area contributed by atoms with Crippen LogP contribution in [0.3, 0.4) is 0 Å². The summed E-state index contributed by atoms with van der Waals surface area (Å²) in [6.07, 6.45) is -0.654. The molecule has 2 aromatic heterocycles. The maximum Gasteiger partial charge on any atom is 0.412 e. The van der Waals surface area contributed by atoms with E-state index >= 15 is 0 Å². The van der Waals surface area contributed by atoms with Gasteiger partial charge in [-0.05, 0) is 19.1 Å². The topological polar surface area (TPSA) is 59.8 Å². The van der Waals surface area contributed by atoms with E-state index in [2.05, 4.69) is 10.1 Å². The average Bonchev–Trinajstić information content (AvgIpc) is 2.93. The van der Waals surface area contributed by atoms with Gasteiger partial charge in [-0.1, -0.05) is 6.07 Å². The molecule has 0 aromatic carbocycles. The van der Waals surface area contributed by atoms with E-state index < -0.39 is 18.1 Å². The highest BCUT2D eigenvalue weighted by Crippen LogP contribution is 2.32. The van der Waals surface area contributed by atoms with Crippen molar-refractivity contribution in [3.8, 4) is 0 Å². The Hall–Kier alpha value is -2.38. The van der Waals surface area contributed by atoms with E-state index in [4.69, 9.17) is 0 Å². The summed E-state index contributed by atoms with van der Waals surface area (Å²) >= 11 is 0. The van der Waals surface area contributed by atoms with Crippen molar-refractivity contribution in [2.45, 2.75) is 25.7 Å². The van der Waals surface area contributed by atoms with Crippen LogP contribution in [0, 0.1) is 0 Å². The van der Waals surface area contributed by atoms with Crippen LogP contribution in [0.5, 0.6) is 0 Å². The molecule has 2 heterocycles. The van der Waals surface area contributed by atoms with Crippen molar-refractivity contribution in [3.63, 3.8) is 0 Å². The third-order valence-corrected chi connectivity index (χ3v) is 2.82. The minimum atomic E-state index is -4.62. The zero-order chi connectivity index (χ0) is 15.5. The van der Waals surface area contributed by atoms with Gasteiger partial charge in [0.2, 0.25) is 0 Å². The molecule has 0 fully saturated rings. The van der Waals surface area contributed by atoms with E-state index in [-0.39, 0.29) is 11.3 Å². The molecule has 0 aliphatic rings. The lowest BCUT2D eigenvalue weighted by molar-refractivity contribution is -0.155. The second-order valence-corrected chi connectivity index (χ2v) is 4.29. The van der Waals surface area contributed by atoms with E-state index in [1.807, 2.05) is 12.2 Å². The molecule has 1 atom stereocenters. The monoisotopic (exact) mass is 298 g/mol. The fraction of sp³-hybridized carbons (Fsp3) is 0.308. The highest BCUT2D eigenvalue weighted by molar-refractivity contribution is 5.92. The number of nitrogens with zero attached hydrogens (tertiary/aromatic N) is 3. The third-order valence-electron chi connectivity index (χ3n) is 2.82. The SMILES string of the molecule is CCn1ccc(C(=O)N[C@H](c2cccnc2)C(F)(F)F)n1. The number of amides is 1. The first kappa shape index (κ1) is 15.0. The highest BCUT2D eigenvalue weighted by Gasteiger charge is 2.42. The predicted octanol–water partition coefficient (Wildman–Crippen LogP) is 2.33. The van der Waals surface area contributed by atoms with Gasteiger partial charge in [-0.2, -0.15) is 18.3 Å². The molecule has 21 heavy (non-hydrogen) atoms. The number of carbonyl (C=O) groups excluding carboxylic acids is 1. The van der Waals surface area contributed by atoms with E-state index in [9.17, 15) is 18.0 Å². The van der Waals surface area contributed by atoms with Gasteiger partial charge in [-0.3, -0.25) is 14.5 Å². The third kappa shape index (κ3) is 3.59. The van der Waals surface area contributed by atoms with E-state index in [1.165, 1.54) is 35.3 Å². The molecule has 0 bridgehead atoms. The largest absolute Gasteiger partial charge is 0.412 e. The Morgan fingerprint density at radius 2 is 2.19 bits per heavy atom. The molecule has 0 saturated heterocycles. The molecule has 0 saturated carbocycles. The Morgan fingerprint density at radius 3 is 2.71 bits per heavy atom. The number of rotatable bonds is 4. The Labute approximate surface area is 118 Å². The van der Waals surface area contributed by atoms with Crippen LogP contribution < -0.4 is 5.32 Å². The molecule has 0 aliphatic heterocycles. The summed E-state index contributed by atoms with van der Waals surface area (Å²) in [6, 6.07) is 1.89. The van der Waals surface area contributed by atoms with Crippen LogP contribution in [0.25, 0.3) is 0 Å². The van der Waals surface area contributed by atoms with Crippen LogP contribution in [0.15, 0.2) is 36.8 Å². The lowest BCUT2D eigenvalue weighted by Crippen LogP contribution is -2.38. The first-order valence-electron chi connectivity index (χ1n) is 6.22. The van der Waals surface area contributed by atoms with Crippen molar-refractivity contribution in [1.82, 2.24) is 20.1 Å². The van der Waals surface area contributed by atoms with Gasteiger partial charge in [0.1, 0.15) is 5.69 Å². The minimum absolute atomic E-state index is 0.0602. The summed E-state index contributed by atoms with van der Waals surface area (Å²) in [5, 5.41) is 5.83. The van der Waals surface area contributed by atoms with Crippen LogP contribution in [0.2, 0.25) is 0 Å². The molecular weight excluding hydrogens is 285 g/mol. The van der Waals surface area contributed by atoms with Crippen LogP contribution in [-0.2, 0) is 6.54 Å². The summed E-state index contributed by atoms with van der Waals surface area (Å²) in [6.45, 7) is 2.33. The number of aromatic nitrogens is 3. The molecule has 8 heteroatoms. The maximum absolute atomic E-state index is 13.1. The number of alkyl halides is 3. The van der Waals surface area contributed by atoms with Gasteiger partial charge in [0, 0.05) is 30.7 Å². The van der Waals surface area contributed by atoms with Crippen molar-refractivity contribution in [2.24, 2.45) is 0 Å². The van der Waals surface area contributed by atoms with Gasteiger partial charge in [0.15, 0.2) is 6.04 Å². The Kier molecular flexibility index (Phi) is 4.25. The van der Waals surface area contributed by atoms with Gasteiger partial charge in [-0.15, -0.1) is 0 Å². The molecule has 5 nitrogen and oxygen atoms in total. The van der Waals surface area contributed by atoms with Gasteiger partial charge in [0.05, 0.1) is 0 Å². The minimum Gasteiger partial charge on any atom is -0.335 e. The smallest absolute Gasteiger partial charge is 0.335 e. The number of hydrogen-bond donors (Lipinski definition) is 1. The molecule has 0 radical (unpaired) electrons. The van der Waals surface area contributed by atoms with Crippen LogP contribution in [0.1, 0.15) is 29.0 Å². The van der Waals surface area contributed by atoms with Gasteiger partial charge >= 0.3 is 6.18 Å². The van der Waals surface area contributed by atoms with Crippen LogP contribution in [-0.4, -0.2) is 26.8 Å². The fourth-order valence-corrected chi connectivity index (χ4v) is 1.76. The summed E-state index contributed by atoms with van der Waals surface area (Å²) in [5.74, 6) is -0.881. The second-order valence-electron chi connectivity index (χ2n) is 4.29. The fourth-order valence-electron chi connectivity index (χ4n) is 1.76. The molecular formula is C13H13F3N4O. The van der Waals surface area contributed by atoms with Crippen molar-refractivity contribution < 1.29 is 18.0 Å². The summed E-state index contributed by atoms with van der Waals surface area (Å²) < 4.78 is 40.7. The molecule has 0 unspecified atom stereocenters. The molecule has 2 rings (SSSR count). The number of pyridine rings is 1. The van der Waals surface area contributed by atoms with E-state index in [1.54, 1.807) is 0 Å². The van der Waals surface area contributed by atoms with Gasteiger partial charge in [-0.25, -0.2) is 0 Å².